The molecule has 1 amide bonds. The molecule has 1 aromatic heterocycles. The number of nitrogens with zero attached hydrogens (tertiary/aromatic N) is 1. The van der Waals surface area contributed by atoms with Crippen LogP contribution < -0.4 is 10.6 Å². The summed E-state index contributed by atoms with van der Waals surface area (Å²) in [5.74, 6) is -0.0976. The average molecular weight is 265 g/mol. The Labute approximate surface area is 114 Å². The van der Waals surface area contributed by atoms with Crippen LogP contribution in [0, 0.1) is 0 Å². The Bertz CT molecular complexity index is 383. The molecule has 0 fully saturated rings. The SMILES string of the molecule is CCCOCCCNC(=O)c1cnccc1NCC. The summed E-state index contributed by atoms with van der Waals surface area (Å²) in [5, 5.41) is 6.03. The Kier molecular flexibility index (Phi) is 7.58. The third-order valence-electron chi connectivity index (χ3n) is 2.53. The molecule has 1 aromatic rings. The molecule has 0 spiro atoms. The van der Waals surface area contributed by atoms with E-state index < -0.39 is 0 Å². The summed E-state index contributed by atoms with van der Waals surface area (Å²) in [4.78, 5) is 16.0. The molecule has 0 aromatic carbocycles. The van der Waals surface area contributed by atoms with Crippen LogP contribution in [0.1, 0.15) is 37.0 Å². The molecule has 0 unspecified atom stereocenters. The first-order valence-corrected chi connectivity index (χ1v) is 6.83. The highest BCUT2D eigenvalue weighted by Gasteiger charge is 2.10. The van der Waals surface area contributed by atoms with E-state index in [1.807, 2.05) is 13.0 Å². The highest BCUT2D eigenvalue weighted by Crippen LogP contribution is 2.12. The van der Waals surface area contributed by atoms with Gasteiger partial charge in [-0.3, -0.25) is 9.78 Å². The molecule has 0 radical (unpaired) electrons. The van der Waals surface area contributed by atoms with Crippen molar-refractivity contribution in [1.29, 1.82) is 0 Å². The highest BCUT2D eigenvalue weighted by molar-refractivity contribution is 5.99. The van der Waals surface area contributed by atoms with E-state index in [1.54, 1.807) is 12.4 Å². The molecule has 0 bridgehead atoms. The van der Waals surface area contributed by atoms with Crippen LogP contribution in [-0.2, 0) is 4.74 Å². The number of pyridine rings is 1. The molecule has 0 aliphatic rings. The Balaban J connectivity index is 2.36. The van der Waals surface area contributed by atoms with Gasteiger partial charge in [-0.1, -0.05) is 6.92 Å². The zero-order valence-corrected chi connectivity index (χ0v) is 11.7. The number of anilines is 1. The van der Waals surface area contributed by atoms with Crippen molar-refractivity contribution in [3.05, 3.63) is 24.0 Å². The highest BCUT2D eigenvalue weighted by atomic mass is 16.5. The van der Waals surface area contributed by atoms with E-state index in [1.165, 1.54) is 0 Å². The molecule has 0 aliphatic carbocycles. The van der Waals surface area contributed by atoms with Crippen LogP contribution >= 0.6 is 0 Å². The molecule has 0 saturated heterocycles. The van der Waals surface area contributed by atoms with E-state index in [2.05, 4.69) is 22.5 Å². The van der Waals surface area contributed by atoms with Gasteiger partial charge in [0.25, 0.3) is 5.91 Å². The van der Waals surface area contributed by atoms with Crippen LogP contribution in [0.25, 0.3) is 0 Å². The van der Waals surface area contributed by atoms with Gasteiger partial charge in [0.1, 0.15) is 0 Å². The lowest BCUT2D eigenvalue weighted by Gasteiger charge is -2.10. The van der Waals surface area contributed by atoms with Crippen molar-refractivity contribution in [2.24, 2.45) is 0 Å². The Morgan fingerprint density at radius 3 is 2.95 bits per heavy atom. The van der Waals surface area contributed by atoms with Gasteiger partial charge in [0.05, 0.1) is 11.3 Å². The van der Waals surface area contributed by atoms with Crippen molar-refractivity contribution in [2.45, 2.75) is 26.7 Å². The molecular formula is C14H23N3O2. The zero-order chi connectivity index (χ0) is 13.9. The van der Waals surface area contributed by atoms with E-state index in [9.17, 15) is 4.79 Å². The van der Waals surface area contributed by atoms with Crippen molar-refractivity contribution in [3.8, 4) is 0 Å². The molecule has 19 heavy (non-hydrogen) atoms. The summed E-state index contributed by atoms with van der Waals surface area (Å²) in [6.07, 6.45) is 5.10. The number of hydrogen-bond donors (Lipinski definition) is 2. The van der Waals surface area contributed by atoms with E-state index in [0.29, 0.717) is 18.7 Å². The van der Waals surface area contributed by atoms with Gasteiger partial charge in [-0.2, -0.15) is 0 Å². The maximum Gasteiger partial charge on any atom is 0.254 e. The smallest absolute Gasteiger partial charge is 0.254 e. The second-order valence-corrected chi connectivity index (χ2v) is 4.17. The van der Waals surface area contributed by atoms with E-state index >= 15 is 0 Å². The fourth-order valence-electron chi connectivity index (χ4n) is 1.64. The van der Waals surface area contributed by atoms with Crippen molar-refractivity contribution in [1.82, 2.24) is 10.3 Å². The predicted molar refractivity (Wildman–Crippen MR) is 76.5 cm³/mol. The van der Waals surface area contributed by atoms with Crippen molar-refractivity contribution in [3.63, 3.8) is 0 Å². The van der Waals surface area contributed by atoms with E-state index in [0.717, 1.165) is 31.7 Å². The maximum absolute atomic E-state index is 12.0. The largest absolute Gasteiger partial charge is 0.385 e. The number of aromatic nitrogens is 1. The van der Waals surface area contributed by atoms with Gasteiger partial charge in [-0.25, -0.2) is 0 Å². The topological polar surface area (TPSA) is 63.2 Å². The van der Waals surface area contributed by atoms with E-state index in [4.69, 9.17) is 4.74 Å². The zero-order valence-electron chi connectivity index (χ0n) is 11.7. The first-order chi connectivity index (χ1) is 9.29. The lowest BCUT2D eigenvalue weighted by Crippen LogP contribution is -2.26. The van der Waals surface area contributed by atoms with Crippen LogP contribution in [0.15, 0.2) is 18.5 Å². The van der Waals surface area contributed by atoms with Crippen LogP contribution in [0.4, 0.5) is 5.69 Å². The molecule has 0 aliphatic heterocycles. The number of nitrogens with one attached hydrogen (secondary N) is 2. The predicted octanol–water partition coefficient (Wildman–Crippen LogP) is 2.06. The molecular weight excluding hydrogens is 242 g/mol. The minimum Gasteiger partial charge on any atom is -0.385 e. The summed E-state index contributed by atoms with van der Waals surface area (Å²) in [7, 11) is 0. The van der Waals surface area contributed by atoms with Crippen molar-refractivity contribution < 1.29 is 9.53 Å². The Hall–Kier alpha value is -1.62. The molecule has 0 saturated carbocycles. The van der Waals surface area contributed by atoms with Crippen LogP contribution in [-0.4, -0.2) is 37.2 Å². The van der Waals surface area contributed by atoms with Gasteiger partial charge in [0.2, 0.25) is 0 Å². The van der Waals surface area contributed by atoms with Crippen LogP contribution in [0.5, 0.6) is 0 Å². The summed E-state index contributed by atoms with van der Waals surface area (Å²) < 4.78 is 5.36. The molecule has 106 valence electrons. The molecule has 1 heterocycles. The summed E-state index contributed by atoms with van der Waals surface area (Å²) in [6, 6.07) is 1.81. The lowest BCUT2D eigenvalue weighted by atomic mass is 10.2. The Morgan fingerprint density at radius 2 is 2.21 bits per heavy atom. The third kappa shape index (κ3) is 5.70. The standard InChI is InChI=1S/C14H23N3O2/c1-3-9-19-10-5-7-17-14(18)12-11-15-8-6-13(12)16-4-2/h6,8,11H,3-5,7,9-10H2,1-2H3,(H,15,16)(H,17,18). The third-order valence-corrected chi connectivity index (χ3v) is 2.53. The molecule has 1 rings (SSSR count). The molecule has 2 N–H and O–H groups in total. The van der Waals surface area contributed by atoms with Gasteiger partial charge >= 0.3 is 0 Å². The second kappa shape index (κ2) is 9.33. The van der Waals surface area contributed by atoms with Gasteiger partial charge in [-0.05, 0) is 25.8 Å². The fraction of sp³-hybridized carbons (Fsp3) is 0.571. The number of carbonyl (C=O) groups excluding carboxylic acids is 1. The first kappa shape index (κ1) is 15.4. The Morgan fingerprint density at radius 1 is 1.37 bits per heavy atom. The number of amides is 1. The molecule has 5 nitrogen and oxygen atoms in total. The molecule has 5 heteroatoms. The summed E-state index contributed by atoms with van der Waals surface area (Å²) in [6.45, 7) is 6.92. The van der Waals surface area contributed by atoms with Crippen molar-refractivity contribution in [2.75, 3.05) is 31.6 Å². The van der Waals surface area contributed by atoms with Gasteiger partial charge in [-0.15, -0.1) is 0 Å². The average Bonchev–Trinajstić information content (AvgIpc) is 2.43. The normalized spacial score (nSPS) is 10.2. The van der Waals surface area contributed by atoms with Crippen LogP contribution in [0.3, 0.4) is 0 Å². The number of rotatable bonds is 9. The fourth-order valence-corrected chi connectivity index (χ4v) is 1.64. The number of ether oxygens (including phenoxy) is 1. The van der Waals surface area contributed by atoms with Crippen LogP contribution in [0.2, 0.25) is 0 Å². The second-order valence-electron chi connectivity index (χ2n) is 4.17. The van der Waals surface area contributed by atoms with Gasteiger partial charge in [0, 0.05) is 38.7 Å². The minimum absolute atomic E-state index is 0.0976. The molecule has 0 atom stereocenters. The lowest BCUT2D eigenvalue weighted by molar-refractivity contribution is 0.0942. The monoisotopic (exact) mass is 265 g/mol. The van der Waals surface area contributed by atoms with Gasteiger partial charge < -0.3 is 15.4 Å². The maximum atomic E-state index is 12.0. The summed E-state index contributed by atoms with van der Waals surface area (Å²) in [5.41, 5.74) is 1.40. The minimum atomic E-state index is -0.0976. The van der Waals surface area contributed by atoms with Crippen molar-refractivity contribution >= 4 is 11.6 Å². The summed E-state index contributed by atoms with van der Waals surface area (Å²) >= 11 is 0. The van der Waals surface area contributed by atoms with E-state index in [-0.39, 0.29) is 5.91 Å². The quantitative estimate of drug-likeness (QED) is 0.671. The number of carbonyl (C=O) groups is 1. The number of hydrogen-bond acceptors (Lipinski definition) is 4. The first-order valence-electron chi connectivity index (χ1n) is 6.83. The van der Waals surface area contributed by atoms with Gasteiger partial charge in [0.15, 0.2) is 0 Å².